The SMILES string of the molecule is CC(C)C/C(O)=C/C(=O)c1ccccc1. The maximum Gasteiger partial charge on any atom is 0.189 e. The van der Waals surface area contributed by atoms with E-state index in [9.17, 15) is 9.90 Å². The Kier molecular flexibility index (Phi) is 4.10. The van der Waals surface area contributed by atoms with Crippen LogP contribution in [0.4, 0.5) is 0 Å². The molecular weight excluding hydrogens is 188 g/mol. The standard InChI is InChI=1S/C13H16O2/c1-10(2)8-12(14)9-13(15)11-6-4-3-5-7-11/h3-7,9-10,14H,8H2,1-2H3/b12-9-. The molecule has 1 aromatic rings. The van der Waals surface area contributed by atoms with Crippen molar-refractivity contribution < 1.29 is 9.90 Å². The summed E-state index contributed by atoms with van der Waals surface area (Å²) < 4.78 is 0. The second-order valence-corrected chi connectivity index (χ2v) is 3.96. The molecule has 0 amide bonds. The largest absolute Gasteiger partial charge is 0.512 e. The van der Waals surface area contributed by atoms with E-state index in [0.717, 1.165) is 0 Å². The fourth-order valence-electron chi connectivity index (χ4n) is 1.31. The van der Waals surface area contributed by atoms with Crippen LogP contribution in [0.25, 0.3) is 0 Å². The smallest absolute Gasteiger partial charge is 0.189 e. The minimum atomic E-state index is -0.145. The summed E-state index contributed by atoms with van der Waals surface area (Å²) in [6, 6.07) is 8.94. The highest BCUT2D eigenvalue weighted by Gasteiger charge is 2.04. The van der Waals surface area contributed by atoms with Gasteiger partial charge in [0.1, 0.15) is 0 Å². The lowest BCUT2D eigenvalue weighted by Gasteiger charge is -2.02. The molecule has 0 heterocycles. The molecule has 0 aliphatic carbocycles. The van der Waals surface area contributed by atoms with Crippen molar-refractivity contribution in [1.82, 2.24) is 0 Å². The third-order valence-electron chi connectivity index (χ3n) is 1.97. The molecule has 0 saturated heterocycles. The zero-order valence-electron chi connectivity index (χ0n) is 9.10. The Bertz CT molecular complexity index is 350. The fourth-order valence-corrected chi connectivity index (χ4v) is 1.31. The highest BCUT2D eigenvalue weighted by atomic mass is 16.3. The van der Waals surface area contributed by atoms with Gasteiger partial charge in [-0.2, -0.15) is 0 Å². The molecular formula is C13H16O2. The van der Waals surface area contributed by atoms with Crippen molar-refractivity contribution in [3.63, 3.8) is 0 Å². The Morgan fingerprint density at radius 3 is 2.47 bits per heavy atom. The van der Waals surface area contributed by atoms with Crippen LogP contribution in [0.5, 0.6) is 0 Å². The normalized spacial score (nSPS) is 11.8. The van der Waals surface area contributed by atoms with Crippen molar-refractivity contribution in [2.45, 2.75) is 20.3 Å². The van der Waals surface area contributed by atoms with Crippen LogP contribution in [0.2, 0.25) is 0 Å². The van der Waals surface area contributed by atoms with Gasteiger partial charge in [0.25, 0.3) is 0 Å². The van der Waals surface area contributed by atoms with E-state index in [1.807, 2.05) is 19.9 Å². The second kappa shape index (κ2) is 5.35. The van der Waals surface area contributed by atoms with Gasteiger partial charge in [0.15, 0.2) is 5.78 Å². The van der Waals surface area contributed by atoms with Crippen molar-refractivity contribution in [3.8, 4) is 0 Å². The topological polar surface area (TPSA) is 37.3 Å². The van der Waals surface area contributed by atoms with E-state index < -0.39 is 0 Å². The number of benzene rings is 1. The average molecular weight is 204 g/mol. The lowest BCUT2D eigenvalue weighted by Crippen LogP contribution is -1.98. The molecule has 0 aliphatic heterocycles. The molecule has 0 radical (unpaired) electrons. The van der Waals surface area contributed by atoms with E-state index >= 15 is 0 Å². The molecule has 0 fully saturated rings. The number of aliphatic hydroxyl groups is 1. The minimum absolute atomic E-state index is 0.145. The zero-order valence-corrected chi connectivity index (χ0v) is 9.10. The maximum absolute atomic E-state index is 11.6. The summed E-state index contributed by atoms with van der Waals surface area (Å²) in [6.07, 6.45) is 1.84. The summed E-state index contributed by atoms with van der Waals surface area (Å²) in [5, 5.41) is 9.49. The molecule has 1 rings (SSSR count). The molecule has 0 spiro atoms. The van der Waals surface area contributed by atoms with Gasteiger partial charge in [0, 0.05) is 18.1 Å². The first-order chi connectivity index (χ1) is 7.09. The lowest BCUT2D eigenvalue weighted by molar-refractivity contribution is 0.104. The molecule has 2 heteroatoms. The highest BCUT2D eigenvalue weighted by Crippen LogP contribution is 2.09. The fraction of sp³-hybridized carbons (Fsp3) is 0.308. The number of carbonyl (C=O) groups excluding carboxylic acids is 1. The molecule has 80 valence electrons. The van der Waals surface area contributed by atoms with Crippen molar-refractivity contribution in [1.29, 1.82) is 0 Å². The average Bonchev–Trinajstić information content (AvgIpc) is 2.17. The highest BCUT2D eigenvalue weighted by molar-refractivity contribution is 6.04. The predicted molar refractivity (Wildman–Crippen MR) is 60.9 cm³/mol. The van der Waals surface area contributed by atoms with E-state index in [-0.39, 0.29) is 11.5 Å². The van der Waals surface area contributed by atoms with Gasteiger partial charge in [-0.25, -0.2) is 0 Å². The van der Waals surface area contributed by atoms with Crippen molar-refractivity contribution >= 4 is 5.78 Å². The Morgan fingerprint density at radius 1 is 1.33 bits per heavy atom. The summed E-state index contributed by atoms with van der Waals surface area (Å²) in [7, 11) is 0. The molecule has 0 saturated carbocycles. The Labute approximate surface area is 90.3 Å². The minimum Gasteiger partial charge on any atom is -0.512 e. The zero-order chi connectivity index (χ0) is 11.3. The molecule has 0 atom stereocenters. The number of allylic oxidation sites excluding steroid dienone is 2. The lowest BCUT2D eigenvalue weighted by atomic mass is 10.1. The molecule has 2 nitrogen and oxygen atoms in total. The van der Waals surface area contributed by atoms with Crippen LogP contribution < -0.4 is 0 Å². The first-order valence-corrected chi connectivity index (χ1v) is 5.08. The molecule has 0 aliphatic rings. The Balaban J connectivity index is 2.71. The molecule has 1 aromatic carbocycles. The quantitative estimate of drug-likeness (QED) is 0.464. The van der Waals surface area contributed by atoms with Gasteiger partial charge in [-0.05, 0) is 5.92 Å². The van der Waals surface area contributed by atoms with Crippen LogP contribution in [-0.2, 0) is 0 Å². The van der Waals surface area contributed by atoms with Gasteiger partial charge in [-0.3, -0.25) is 4.79 Å². The molecule has 0 bridgehead atoms. The van der Waals surface area contributed by atoms with Gasteiger partial charge in [-0.1, -0.05) is 44.2 Å². The maximum atomic E-state index is 11.6. The summed E-state index contributed by atoms with van der Waals surface area (Å²) in [5.74, 6) is 0.359. The number of ketones is 1. The van der Waals surface area contributed by atoms with Crippen LogP contribution >= 0.6 is 0 Å². The van der Waals surface area contributed by atoms with Gasteiger partial charge in [0.05, 0.1) is 5.76 Å². The van der Waals surface area contributed by atoms with E-state index in [4.69, 9.17) is 0 Å². The number of carbonyl (C=O) groups is 1. The number of aliphatic hydroxyl groups excluding tert-OH is 1. The molecule has 15 heavy (non-hydrogen) atoms. The molecule has 0 aromatic heterocycles. The van der Waals surface area contributed by atoms with Gasteiger partial charge < -0.3 is 5.11 Å². The van der Waals surface area contributed by atoms with Gasteiger partial charge >= 0.3 is 0 Å². The van der Waals surface area contributed by atoms with Gasteiger partial charge in [-0.15, -0.1) is 0 Å². The molecule has 0 unspecified atom stereocenters. The summed E-state index contributed by atoms with van der Waals surface area (Å²) in [4.78, 5) is 11.6. The van der Waals surface area contributed by atoms with E-state index in [2.05, 4.69) is 0 Å². The van der Waals surface area contributed by atoms with Crippen LogP contribution in [0.3, 0.4) is 0 Å². The van der Waals surface area contributed by atoms with Crippen LogP contribution in [-0.4, -0.2) is 10.9 Å². The Hall–Kier alpha value is -1.57. The third-order valence-corrected chi connectivity index (χ3v) is 1.97. The van der Waals surface area contributed by atoms with E-state index in [1.165, 1.54) is 6.08 Å². The van der Waals surface area contributed by atoms with E-state index in [1.54, 1.807) is 24.3 Å². The molecule has 1 N–H and O–H groups in total. The number of rotatable bonds is 4. The second-order valence-electron chi connectivity index (χ2n) is 3.96. The van der Waals surface area contributed by atoms with Crippen molar-refractivity contribution in [2.75, 3.05) is 0 Å². The van der Waals surface area contributed by atoms with Crippen LogP contribution in [0.1, 0.15) is 30.6 Å². The van der Waals surface area contributed by atoms with Gasteiger partial charge in [0.2, 0.25) is 0 Å². The number of hydrogen-bond acceptors (Lipinski definition) is 2. The summed E-state index contributed by atoms with van der Waals surface area (Å²) >= 11 is 0. The number of hydrogen-bond donors (Lipinski definition) is 1. The Morgan fingerprint density at radius 2 is 1.93 bits per heavy atom. The van der Waals surface area contributed by atoms with Crippen LogP contribution in [0.15, 0.2) is 42.2 Å². The van der Waals surface area contributed by atoms with Crippen LogP contribution in [0, 0.1) is 5.92 Å². The summed E-state index contributed by atoms with van der Waals surface area (Å²) in [6.45, 7) is 3.99. The monoisotopic (exact) mass is 204 g/mol. The first-order valence-electron chi connectivity index (χ1n) is 5.08. The predicted octanol–water partition coefficient (Wildman–Crippen LogP) is 3.36. The first kappa shape index (κ1) is 11.5. The third kappa shape index (κ3) is 3.98. The summed E-state index contributed by atoms with van der Waals surface area (Å²) in [5.41, 5.74) is 0.604. The van der Waals surface area contributed by atoms with E-state index in [0.29, 0.717) is 17.9 Å². The van der Waals surface area contributed by atoms with Crippen molar-refractivity contribution in [2.24, 2.45) is 5.92 Å². The van der Waals surface area contributed by atoms with Crippen molar-refractivity contribution in [3.05, 3.63) is 47.7 Å².